The van der Waals surface area contributed by atoms with Crippen LogP contribution in [0.2, 0.25) is 0 Å². The number of nitrogens with zero attached hydrogens (tertiary/aromatic N) is 3. The first-order valence-corrected chi connectivity index (χ1v) is 8.85. The van der Waals surface area contributed by atoms with Crippen LogP contribution >= 0.6 is 0 Å². The number of benzene rings is 1. The molecule has 2 heterocycles. The Morgan fingerprint density at radius 3 is 2.62 bits per heavy atom. The molecular formula is C19H22N4O. The summed E-state index contributed by atoms with van der Waals surface area (Å²) < 4.78 is 1.82. The number of H-pyrrole nitrogens is 1. The Labute approximate surface area is 140 Å². The second-order valence-electron chi connectivity index (χ2n) is 6.53. The van der Waals surface area contributed by atoms with Crippen molar-refractivity contribution in [2.24, 2.45) is 0 Å². The van der Waals surface area contributed by atoms with E-state index in [1.165, 1.54) is 19.3 Å². The summed E-state index contributed by atoms with van der Waals surface area (Å²) in [5.74, 6) is 1.97. The largest absolute Gasteiger partial charge is 0.303 e. The Kier molecular flexibility index (Phi) is 3.92. The fraction of sp³-hybridized carbons (Fsp3) is 0.421. The molecule has 0 radical (unpaired) electrons. The van der Waals surface area contributed by atoms with Crippen LogP contribution in [0.15, 0.2) is 35.1 Å². The molecule has 1 saturated carbocycles. The lowest BCUT2D eigenvalue weighted by molar-refractivity contribution is 0.423. The minimum atomic E-state index is -0.102. The standard InChI is InChI=1S/C19H22N4O/c1-2-15-16-19(24)21-17(13-9-5-3-6-10-13)22-23(16)18(20-15)14-11-7-4-8-12-14/h3,5-6,9-10,14H,2,4,7-8,11-12H2,1H3,(H,21,22,24). The zero-order valence-corrected chi connectivity index (χ0v) is 14.0. The van der Waals surface area contributed by atoms with Gasteiger partial charge in [-0.3, -0.25) is 4.79 Å². The molecule has 0 saturated heterocycles. The number of nitrogens with one attached hydrogen (secondary N) is 1. The lowest BCUT2D eigenvalue weighted by atomic mass is 9.89. The van der Waals surface area contributed by atoms with Gasteiger partial charge in [-0.05, 0) is 19.3 Å². The van der Waals surface area contributed by atoms with Gasteiger partial charge in [0.25, 0.3) is 5.56 Å². The number of fused-ring (bicyclic) bond motifs is 1. The van der Waals surface area contributed by atoms with Gasteiger partial charge < -0.3 is 4.98 Å². The fourth-order valence-electron chi connectivity index (χ4n) is 3.69. The molecule has 1 N–H and O–H groups in total. The minimum absolute atomic E-state index is 0.102. The van der Waals surface area contributed by atoms with Crippen molar-refractivity contribution in [1.82, 2.24) is 19.6 Å². The van der Waals surface area contributed by atoms with Crippen LogP contribution in [0, 0.1) is 0 Å². The van der Waals surface area contributed by atoms with Crippen LogP contribution < -0.4 is 5.56 Å². The molecule has 0 atom stereocenters. The van der Waals surface area contributed by atoms with Gasteiger partial charge >= 0.3 is 0 Å². The van der Waals surface area contributed by atoms with Crippen molar-refractivity contribution in [2.45, 2.75) is 51.4 Å². The number of rotatable bonds is 3. The van der Waals surface area contributed by atoms with Crippen molar-refractivity contribution >= 4 is 5.52 Å². The van der Waals surface area contributed by atoms with Gasteiger partial charge in [-0.2, -0.15) is 0 Å². The summed E-state index contributed by atoms with van der Waals surface area (Å²) in [6.45, 7) is 2.04. The summed E-state index contributed by atoms with van der Waals surface area (Å²) in [6.07, 6.45) is 6.77. The maximum Gasteiger partial charge on any atom is 0.277 e. The predicted octanol–water partition coefficient (Wildman–Crippen LogP) is 3.69. The van der Waals surface area contributed by atoms with Crippen LogP contribution in [0.5, 0.6) is 0 Å². The molecule has 2 aromatic heterocycles. The van der Waals surface area contributed by atoms with E-state index >= 15 is 0 Å². The van der Waals surface area contributed by atoms with E-state index in [-0.39, 0.29) is 5.56 Å². The zero-order valence-electron chi connectivity index (χ0n) is 14.0. The Morgan fingerprint density at radius 2 is 1.92 bits per heavy atom. The van der Waals surface area contributed by atoms with E-state index in [1.54, 1.807) is 0 Å². The lowest BCUT2D eigenvalue weighted by Crippen LogP contribution is -2.17. The van der Waals surface area contributed by atoms with Crippen molar-refractivity contribution in [1.29, 1.82) is 0 Å². The smallest absolute Gasteiger partial charge is 0.277 e. The highest BCUT2D eigenvalue weighted by Gasteiger charge is 2.24. The van der Waals surface area contributed by atoms with Gasteiger partial charge in [-0.1, -0.05) is 56.5 Å². The first-order valence-electron chi connectivity index (χ1n) is 8.85. The van der Waals surface area contributed by atoms with Crippen molar-refractivity contribution in [3.63, 3.8) is 0 Å². The van der Waals surface area contributed by atoms with Crippen molar-refractivity contribution in [3.8, 4) is 11.4 Å². The monoisotopic (exact) mass is 322 g/mol. The van der Waals surface area contributed by atoms with Gasteiger partial charge in [0.15, 0.2) is 11.3 Å². The second kappa shape index (κ2) is 6.23. The molecule has 1 aliphatic rings. The molecule has 1 aromatic carbocycles. The number of hydrogen-bond acceptors (Lipinski definition) is 3. The first-order chi connectivity index (χ1) is 11.8. The number of aryl methyl sites for hydroxylation is 1. The lowest BCUT2D eigenvalue weighted by Gasteiger charge is -2.20. The van der Waals surface area contributed by atoms with Gasteiger partial charge in [0.05, 0.1) is 5.69 Å². The average molecular weight is 322 g/mol. The quantitative estimate of drug-likeness (QED) is 0.800. The number of imidazole rings is 1. The first kappa shape index (κ1) is 15.1. The Bertz CT molecular complexity index is 904. The number of aromatic nitrogens is 4. The van der Waals surface area contributed by atoms with Gasteiger partial charge in [-0.25, -0.2) is 9.50 Å². The Hall–Kier alpha value is -2.43. The highest BCUT2D eigenvalue weighted by atomic mass is 16.1. The molecule has 5 nitrogen and oxygen atoms in total. The van der Waals surface area contributed by atoms with Crippen molar-refractivity contribution in [2.75, 3.05) is 0 Å². The normalized spacial score (nSPS) is 15.9. The van der Waals surface area contributed by atoms with Gasteiger partial charge in [0.1, 0.15) is 5.82 Å². The summed E-state index contributed by atoms with van der Waals surface area (Å²) in [4.78, 5) is 20.4. The molecule has 24 heavy (non-hydrogen) atoms. The molecule has 1 aliphatic carbocycles. The highest BCUT2D eigenvalue weighted by molar-refractivity contribution is 5.58. The van der Waals surface area contributed by atoms with Gasteiger partial charge in [0.2, 0.25) is 0 Å². The molecule has 3 aromatic rings. The van der Waals surface area contributed by atoms with E-state index in [4.69, 9.17) is 10.1 Å². The third kappa shape index (κ3) is 2.54. The second-order valence-corrected chi connectivity index (χ2v) is 6.53. The molecule has 0 unspecified atom stereocenters. The van der Waals surface area contributed by atoms with Gasteiger partial charge in [0, 0.05) is 11.5 Å². The van der Waals surface area contributed by atoms with Crippen LogP contribution in [-0.4, -0.2) is 19.6 Å². The summed E-state index contributed by atoms with van der Waals surface area (Å²) in [6, 6.07) is 9.78. The number of aromatic amines is 1. The van der Waals surface area contributed by atoms with E-state index in [9.17, 15) is 4.79 Å². The molecule has 0 bridgehead atoms. The fourth-order valence-corrected chi connectivity index (χ4v) is 3.69. The molecule has 0 aliphatic heterocycles. The highest BCUT2D eigenvalue weighted by Crippen LogP contribution is 2.32. The van der Waals surface area contributed by atoms with E-state index in [1.807, 2.05) is 41.8 Å². The molecule has 124 valence electrons. The summed E-state index contributed by atoms with van der Waals surface area (Å²) in [5, 5.41) is 4.75. The Balaban J connectivity index is 1.92. The van der Waals surface area contributed by atoms with Crippen LogP contribution in [0.4, 0.5) is 0 Å². The number of hydrogen-bond donors (Lipinski definition) is 1. The summed E-state index contributed by atoms with van der Waals surface area (Å²) >= 11 is 0. The van der Waals surface area contributed by atoms with E-state index in [0.717, 1.165) is 36.3 Å². The maximum atomic E-state index is 12.7. The minimum Gasteiger partial charge on any atom is -0.303 e. The molecule has 0 spiro atoms. The molecular weight excluding hydrogens is 300 g/mol. The van der Waals surface area contributed by atoms with Gasteiger partial charge in [-0.15, -0.1) is 5.10 Å². The predicted molar refractivity (Wildman–Crippen MR) is 94.2 cm³/mol. The zero-order chi connectivity index (χ0) is 16.5. The summed E-state index contributed by atoms with van der Waals surface area (Å²) in [7, 11) is 0. The van der Waals surface area contributed by atoms with E-state index < -0.39 is 0 Å². The molecule has 0 amide bonds. The van der Waals surface area contributed by atoms with Crippen molar-refractivity contribution in [3.05, 3.63) is 52.2 Å². The summed E-state index contributed by atoms with van der Waals surface area (Å²) in [5.41, 5.74) is 2.27. The van der Waals surface area contributed by atoms with E-state index in [2.05, 4.69) is 4.98 Å². The van der Waals surface area contributed by atoms with Crippen LogP contribution in [0.3, 0.4) is 0 Å². The SMILES string of the molecule is CCc1nc(C2CCCCC2)n2nc(-c3ccccc3)[nH]c(=O)c12. The van der Waals surface area contributed by atoms with Crippen LogP contribution in [0.1, 0.15) is 56.5 Å². The van der Waals surface area contributed by atoms with Crippen molar-refractivity contribution < 1.29 is 0 Å². The average Bonchev–Trinajstić information content (AvgIpc) is 3.02. The topological polar surface area (TPSA) is 63.1 Å². The van der Waals surface area contributed by atoms with E-state index in [0.29, 0.717) is 17.3 Å². The molecule has 4 rings (SSSR count). The molecule has 1 fully saturated rings. The maximum absolute atomic E-state index is 12.7. The molecule has 5 heteroatoms. The third-order valence-electron chi connectivity index (χ3n) is 4.95. The van der Waals surface area contributed by atoms with Crippen LogP contribution in [-0.2, 0) is 6.42 Å². The Morgan fingerprint density at radius 1 is 1.17 bits per heavy atom. The van der Waals surface area contributed by atoms with Crippen LogP contribution in [0.25, 0.3) is 16.9 Å². The third-order valence-corrected chi connectivity index (χ3v) is 4.95.